The van der Waals surface area contributed by atoms with Crippen LogP contribution in [0, 0.1) is 11.6 Å². The Morgan fingerprint density at radius 1 is 1.29 bits per heavy atom. The van der Waals surface area contributed by atoms with Crippen LogP contribution in [0.25, 0.3) is 0 Å². The first kappa shape index (κ1) is 14.9. The van der Waals surface area contributed by atoms with Gasteiger partial charge in [-0.15, -0.1) is 0 Å². The molecule has 110 valence electrons. The van der Waals surface area contributed by atoms with E-state index in [2.05, 4.69) is 4.98 Å². The highest BCUT2D eigenvalue weighted by atomic mass is 19.1. The number of ether oxygens (including phenoxy) is 1. The Balaban J connectivity index is 2.36. The molecule has 21 heavy (non-hydrogen) atoms. The van der Waals surface area contributed by atoms with Crippen LogP contribution in [0.1, 0.15) is 29.4 Å². The van der Waals surface area contributed by atoms with E-state index in [1.807, 2.05) is 6.92 Å². The Kier molecular flexibility index (Phi) is 4.47. The molecule has 2 aromatic rings. The van der Waals surface area contributed by atoms with Crippen LogP contribution in [0.5, 0.6) is 11.6 Å². The molecule has 4 nitrogen and oxygen atoms in total. The highest BCUT2D eigenvalue weighted by molar-refractivity contribution is 5.88. The summed E-state index contributed by atoms with van der Waals surface area (Å²) in [5.41, 5.74) is 0.542. The van der Waals surface area contributed by atoms with Gasteiger partial charge in [0.2, 0.25) is 5.88 Å². The van der Waals surface area contributed by atoms with Crippen molar-refractivity contribution in [1.29, 1.82) is 0 Å². The number of carbonyl (C=O) groups is 1. The number of hydrogen-bond acceptors (Lipinski definition) is 3. The number of rotatable bonds is 5. The van der Waals surface area contributed by atoms with Crippen LogP contribution in [-0.4, -0.2) is 16.1 Å². The van der Waals surface area contributed by atoms with Crippen LogP contribution < -0.4 is 4.74 Å². The second-order valence-corrected chi connectivity index (χ2v) is 4.42. The zero-order valence-corrected chi connectivity index (χ0v) is 11.3. The lowest BCUT2D eigenvalue weighted by molar-refractivity contribution is 0.0696. The molecular formula is C15H13F2NO3. The highest BCUT2D eigenvalue weighted by Gasteiger charge is 2.12. The van der Waals surface area contributed by atoms with Gasteiger partial charge in [0.25, 0.3) is 0 Å². The molecule has 1 aromatic carbocycles. The maximum absolute atomic E-state index is 13.5. The Bertz CT molecular complexity index is 674. The third kappa shape index (κ3) is 3.75. The molecule has 0 atom stereocenters. The molecule has 0 spiro atoms. The topological polar surface area (TPSA) is 59.4 Å². The molecule has 0 aliphatic heterocycles. The molecule has 0 bridgehead atoms. The Morgan fingerprint density at radius 2 is 2.05 bits per heavy atom. The summed E-state index contributed by atoms with van der Waals surface area (Å²) in [5, 5.41) is 9.05. The molecule has 6 heteroatoms. The van der Waals surface area contributed by atoms with Crippen molar-refractivity contribution in [3.63, 3.8) is 0 Å². The van der Waals surface area contributed by atoms with Gasteiger partial charge in [0.05, 0.1) is 5.56 Å². The predicted octanol–water partition coefficient (Wildman–Crippen LogP) is 3.80. The van der Waals surface area contributed by atoms with Crippen molar-refractivity contribution < 1.29 is 23.4 Å². The summed E-state index contributed by atoms with van der Waals surface area (Å²) in [7, 11) is 0. The monoisotopic (exact) mass is 293 g/mol. The summed E-state index contributed by atoms with van der Waals surface area (Å²) in [6, 6.07) is 5.50. The van der Waals surface area contributed by atoms with Gasteiger partial charge < -0.3 is 9.84 Å². The first-order valence-electron chi connectivity index (χ1n) is 6.36. The normalized spacial score (nSPS) is 10.4. The van der Waals surface area contributed by atoms with E-state index >= 15 is 0 Å². The number of aryl methyl sites for hydroxylation is 1. The first-order chi connectivity index (χ1) is 9.99. The minimum absolute atomic E-state index is 0.00553. The number of carboxylic acids is 1. The fraction of sp³-hybridized carbons (Fsp3) is 0.200. The molecule has 1 heterocycles. The molecule has 0 amide bonds. The van der Waals surface area contributed by atoms with Crippen molar-refractivity contribution in [2.24, 2.45) is 0 Å². The number of carboxylic acid groups (broad SMARTS) is 1. The Labute approximate surface area is 120 Å². The molecule has 0 fully saturated rings. The van der Waals surface area contributed by atoms with Crippen LogP contribution in [0.15, 0.2) is 30.3 Å². The number of nitrogens with zero attached hydrogens (tertiary/aromatic N) is 1. The molecule has 0 unspecified atom stereocenters. The van der Waals surface area contributed by atoms with Crippen molar-refractivity contribution in [1.82, 2.24) is 4.98 Å². The van der Waals surface area contributed by atoms with Crippen LogP contribution >= 0.6 is 0 Å². The van der Waals surface area contributed by atoms with Crippen LogP contribution in [-0.2, 0) is 6.42 Å². The molecule has 0 aliphatic carbocycles. The van der Waals surface area contributed by atoms with Gasteiger partial charge in [0.15, 0.2) is 11.6 Å². The average Bonchev–Trinajstić information content (AvgIpc) is 2.42. The van der Waals surface area contributed by atoms with E-state index in [9.17, 15) is 13.6 Å². The van der Waals surface area contributed by atoms with E-state index in [0.717, 1.165) is 18.6 Å². The van der Waals surface area contributed by atoms with Gasteiger partial charge in [-0.25, -0.2) is 18.6 Å². The van der Waals surface area contributed by atoms with Crippen molar-refractivity contribution >= 4 is 5.97 Å². The lowest BCUT2D eigenvalue weighted by Crippen LogP contribution is -2.02. The third-order valence-corrected chi connectivity index (χ3v) is 2.72. The fourth-order valence-electron chi connectivity index (χ4n) is 1.79. The van der Waals surface area contributed by atoms with Gasteiger partial charge in [0.1, 0.15) is 5.82 Å². The minimum atomic E-state index is -1.13. The fourth-order valence-corrected chi connectivity index (χ4v) is 1.79. The van der Waals surface area contributed by atoms with Crippen molar-refractivity contribution in [2.45, 2.75) is 19.8 Å². The van der Waals surface area contributed by atoms with Gasteiger partial charge in [0, 0.05) is 17.8 Å². The van der Waals surface area contributed by atoms with Gasteiger partial charge in [-0.05, 0) is 24.6 Å². The summed E-state index contributed by atoms with van der Waals surface area (Å²) in [5.74, 6) is -2.98. The summed E-state index contributed by atoms with van der Waals surface area (Å²) in [6.07, 6.45) is 1.35. The maximum Gasteiger partial charge on any atom is 0.335 e. The van der Waals surface area contributed by atoms with E-state index in [1.165, 1.54) is 12.1 Å². The SMILES string of the molecule is CCCc1cc(C(=O)O)cc(Oc2ccc(F)cc2F)n1. The smallest absolute Gasteiger partial charge is 0.335 e. The number of aromatic carboxylic acids is 1. The summed E-state index contributed by atoms with van der Waals surface area (Å²) in [6.45, 7) is 1.93. The molecule has 1 aromatic heterocycles. The molecule has 0 aliphatic rings. The Hall–Kier alpha value is -2.50. The highest BCUT2D eigenvalue weighted by Crippen LogP contribution is 2.25. The number of hydrogen-bond donors (Lipinski definition) is 1. The predicted molar refractivity (Wildman–Crippen MR) is 71.6 cm³/mol. The molecule has 0 radical (unpaired) electrons. The second kappa shape index (κ2) is 6.30. The van der Waals surface area contributed by atoms with E-state index < -0.39 is 17.6 Å². The standard InChI is InChI=1S/C15H13F2NO3/c1-2-3-11-6-9(15(19)20)7-14(18-11)21-13-5-4-10(16)8-12(13)17/h4-8H,2-3H2,1H3,(H,19,20). The zero-order chi connectivity index (χ0) is 15.4. The maximum atomic E-state index is 13.5. The van der Waals surface area contributed by atoms with Gasteiger partial charge in [-0.2, -0.15) is 0 Å². The molecule has 1 N–H and O–H groups in total. The first-order valence-corrected chi connectivity index (χ1v) is 6.36. The molecule has 0 saturated heterocycles. The van der Waals surface area contributed by atoms with Crippen molar-refractivity contribution in [2.75, 3.05) is 0 Å². The quantitative estimate of drug-likeness (QED) is 0.910. The van der Waals surface area contributed by atoms with Crippen molar-refractivity contribution in [3.05, 3.63) is 53.2 Å². The van der Waals surface area contributed by atoms with Gasteiger partial charge >= 0.3 is 5.97 Å². The molecule has 0 saturated carbocycles. The minimum Gasteiger partial charge on any atom is -0.478 e. The lowest BCUT2D eigenvalue weighted by Gasteiger charge is -2.09. The number of pyridine rings is 1. The number of halogens is 2. The molecule has 2 rings (SSSR count). The largest absolute Gasteiger partial charge is 0.478 e. The lowest BCUT2D eigenvalue weighted by atomic mass is 10.1. The summed E-state index contributed by atoms with van der Waals surface area (Å²) in [4.78, 5) is 15.2. The van der Waals surface area contributed by atoms with Crippen LogP contribution in [0.2, 0.25) is 0 Å². The summed E-state index contributed by atoms with van der Waals surface area (Å²) < 4.78 is 31.6. The zero-order valence-electron chi connectivity index (χ0n) is 11.3. The van der Waals surface area contributed by atoms with Crippen LogP contribution in [0.3, 0.4) is 0 Å². The van der Waals surface area contributed by atoms with E-state index in [-0.39, 0.29) is 17.2 Å². The summed E-state index contributed by atoms with van der Waals surface area (Å²) >= 11 is 0. The third-order valence-electron chi connectivity index (χ3n) is 2.72. The van der Waals surface area contributed by atoms with E-state index in [0.29, 0.717) is 18.2 Å². The van der Waals surface area contributed by atoms with Gasteiger partial charge in [-0.1, -0.05) is 13.3 Å². The number of benzene rings is 1. The number of aromatic nitrogens is 1. The van der Waals surface area contributed by atoms with E-state index in [1.54, 1.807) is 0 Å². The van der Waals surface area contributed by atoms with Crippen LogP contribution in [0.4, 0.5) is 8.78 Å². The average molecular weight is 293 g/mol. The molecular weight excluding hydrogens is 280 g/mol. The van der Waals surface area contributed by atoms with Gasteiger partial charge in [-0.3, -0.25) is 0 Å². The van der Waals surface area contributed by atoms with Crippen molar-refractivity contribution in [3.8, 4) is 11.6 Å². The van der Waals surface area contributed by atoms with E-state index in [4.69, 9.17) is 9.84 Å². The second-order valence-electron chi connectivity index (χ2n) is 4.42. The Morgan fingerprint density at radius 3 is 2.67 bits per heavy atom.